The third-order valence-electron chi connectivity index (χ3n) is 2.25. The van der Waals surface area contributed by atoms with Gasteiger partial charge in [-0.1, -0.05) is 0 Å². The Bertz CT molecular complexity index is 334. The van der Waals surface area contributed by atoms with Gasteiger partial charge in [0.1, 0.15) is 12.4 Å². The Labute approximate surface area is 111 Å². The van der Waals surface area contributed by atoms with E-state index in [0.717, 1.165) is 0 Å². The van der Waals surface area contributed by atoms with Gasteiger partial charge in [-0.05, 0) is 0 Å². The van der Waals surface area contributed by atoms with E-state index in [2.05, 4.69) is 20.0 Å². The van der Waals surface area contributed by atoms with E-state index < -0.39 is 12.0 Å². The second kappa shape index (κ2) is 8.60. The van der Waals surface area contributed by atoms with Crippen molar-refractivity contribution >= 4 is 36.8 Å². The molecule has 0 radical (unpaired) electrons. The van der Waals surface area contributed by atoms with E-state index in [1.165, 1.54) is 13.4 Å². The molecule has 3 N–H and O–H groups in total. The summed E-state index contributed by atoms with van der Waals surface area (Å²) in [5, 5.41) is 2.57. The minimum Gasteiger partial charge on any atom is -0.467 e. The highest BCUT2D eigenvalue weighted by Gasteiger charge is 2.25. The molecule has 0 fully saturated rings. The Kier molecular flexibility index (Phi) is 7.89. The van der Waals surface area contributed by atoms with Crippen LogP contribution < -0.4 is 11.1 Å². The van der Waals surface area contributed by atoms with Crippen molar-refractivity contribution in [3.63, 3.8) is 0 Å². The zero-order valence-electron chi connectivity index (χ0n) is 10.0. The summed E-state index contributed by atoms with van der Waals surface area (Å²) < 4.78 is 4.62. The topological polar surface area (TPSA) is 106 Å². The molecule has 2 atom stereocenters. The van der Waals surface area contributed by atoms with E-state index in [4.69, 9.17) is 5.73 Å². The molecule has 1 amide bonds. The lowest BCUT2D eigenvalue weighted by Gasteiger charge is -2.17. The molecule has 1 aliphatic rings. The molecule has 18 heavy (non-hydrogen) atoms. The first-order valence-electron chi connectivity index (χ1n) is 5.29. The van der Waals surface area contributed by atoms with Gasteiger partial charge >= 0.3 is 5.97 Å². The molecule has 1 rings (SSSR count). The van der Waals surface area contributed by atoms with Crippen molar-refractivity contribution in [2.24, 2.45) is 15.7 Å². The van der Waals surface area contributed by atoms with E-state index in [1.54, 1.807) is 6.21 Å². The number of nitrogens with zero attached hydrogens (tertiary/aromatic N) is 2. The number of carbonyl (C=O) groups is 2. The smallest absolute Gasteiger partial charge is 0.328 e. The van der Waals surface area contributed by atoms with Crippen LogP contribution in [-0.4, -0.2) is 50.2 Å². The van der Waals surface area contributed by atoms with Crippen molar-refractivity contribution in [2.75, 3.05) is 13.7 Å². The summed E-state index contributed by atoms with van der Waals surface area (Å²) in [6, 6.07) is -0.914. The highest BCUT2D eigenvalue weighted by Crippen LogP contribution is 2.06. The summed E-state index contributed by atoms with van der Waals surface area (Å²) in [6.45, 7) is 0.239. The molecule has 8 heteroatoms. The lowest BCUT2D eigenvalue weighted by Crippen LogP contribution is -2.43. The first-order chi connectivity index (χ1) is 8.17. The normalized spacial score (nSPS) is 18.0. The summed E-state index contributed by atoms with van der Waals surface area (Å²) in [7, 11) is 1.27. The van der Waals surface area contributed by atoms with Gasteiger partial charge in [0.25, 0.3) is 0 Å². The summed E-state index contributed by atoms with van der Waals surface area (Å²) in [6.07, 6.45) is 3.55. The lowest BCUT2D eigenvalue weighted by atomic mass is 10.1. The Morgan fingerprint density at radius 3 is 2.78 bits per heavy atom. The average molecular weight is 277 g/mol. The van der Waals surface area contributed by atoms with Crippen LogP contribution in [0.2, 0.25) is 0 Å². The predicted octanol–water partition coefficient (Wildman–Crippen LogP) is -0.714. The summed E-state index contributed by atoms with van der Waals surface area (Å²) in [4.78, 5) is 30.7. The molecule has 0 spiro atoms. The van der Waals surface area contributed by atoms with Crippen LogP contribution in [0.5, 0.6) is 0 Å². The van der Waals surface area contributed by atoms with Crippen LogP contribution in [0.3, 0.4) is 0 Å². The molecule has 0 aromatic carbocycles. The maximum atomic E-state index is 11.5. The monoisotopic (exact) mass is 276 g/mol. The molecule has 102 valence electrons. The molecule has 0 aromatic heterocycles. The highest BCUT2D eigenvalue weighted by molar-refractivity contribution is 5.86. The van der Waals surface area contributed by atoms with E-state index in [9.17, 15) is 9.59 Å². The van der Waals surface area contributed by atoms with Gasteiger partial charge in [0.05, 0.1) is 13.2 Å². The quantitative estimate of drug-likeness (QED) is 0.625. The van der Waals surface area contributed by atoms with Gasteiger partial charge in [0.15, 0.2) is 0 Å². The minimum atomic E-state index is -0.717. The van der Waals surface area contributed by atoms with Crippen LogP contribution >= 0.6 is 12.4 Å². The molecule has 0 bridgehead atoms. The summed E-state index contributed by atoms with van der Waals surface area (Å²) in [5.74, 6) is -0.771. The third-order valence-corrected chi connectivity index (χ3v) is 2.25. The predicted molar refractivity (Wildman–Crippen MR) is 70.3 cm³/mol. The number of rotatable bonds is 6. The minimum absolute atomic E-state index is 0. The summed E-state index contributed by atoms with van der Waals surface area (Å²) in [5.41, 5.74) is 5.26. The number of amides is 1. The van der Waals surface area contributed by atoms with E-state index in [0.29, 0.717) is 6.42 Å². The molecule has 1 aliphatic heterocycles. The number of ether oxygens (including phenoxy) is 1. The fraction of sp³-hybridized carbons (Fsp3) is 0.600. The maximum Gasteiger partial charge on any atom is 0.328 e. The summed E-state index contributed by atoms with van der Waals surface area (Å²) >= 11 is 0. The molecule has 0 saturated carbocycles. The van der Waals surface area contributed by atoms with Gasteiger partial charge in [-0.2, -0.15) is 0 Å². The molecule has 1 unspecified atom stereocenters. The molecular formula is C10H17ClN4O3. The van der Waals surface area contributed by atoms with Gasteiger partial charge in [0, 0.05) is 25.6 Å². The van der Waals surface area contributed by atoms with E-state index >= 15 is 0 Å². The number of nitrogens with one attached hydrogen (secondary N) is 1. The Hall–Kier alpha value is -1.47. The van der Waals surface area contributed by atoms with Crippen molar-refractivity contribution in [1.82, 2.24) is 5.32 Å². The maximum absolute atomic E-state index is 11.5. The average Bonchev–Trinajstić information content (AvgIpc) is 2.80. The van der Waals surface area contributed by atoms with Gasteiger partial charge in [-0.25, -0.2) is 9.79 Å². The van der Waals surface area contributed by atoms with Crippen LogP contribution in [-0.2, 0) is 14.3 Å². The number of nitrogens with two attached hydrogens (primary N) is 1. The van der Waals surface area contributed by atoms with Crippen molar-refractivity contribution in [2.45, 2.75) is 24.9 Å². The Balaban J connectivity index is 0.00000289. The molecule has 7 nitrogen and oxygen atoms in total. The SMILES string of the molecule is COC(=O)[C@H](CC1C=NC=N1)NC(=O)CCN.Cl. The Morgan fingerprint density at radius 1 is 1.56 bits per heavy atom. The number of methoxy groups -OCH3 is 1. The standard InChI is InChI=1S/C10H16N4O3.ClH/c1-17-10(16)8(14-9(15)2-3-11)4-7-5-12-6-13-7;/h5-8H,2-4,11H2,1H3,(H,14,15);1H/t7?,8-;/m0./s1. The van der Waals surface area contributed by atoms with Gasteiger partial charge in [0.2, 0.25) is 5.91 Å². The fourth-order valence-corrected chi connectivity index (χ4v) is 1.42. The van der Waals surface area contributed by atoms with E-state index in [1.807, 2.05) is 0 Å². The van der Waals surface area contributed by atoms with Crippen LogP contribution in [0.4, 0.5) is 0 Å². The molecule has 0 aromatic rings. The first-order valence-corrected chi connectivity index (χ1v) is 5.29. The van der Waals surface area contributed by atoms with Crippen molar-refractivity contribution in [3.8, 4) is 0 Å². The lowest BCUT2D eigenvalue weighted by molar-refractivity contribution is -0.145. The largest absolute Gasteiger partial charge is 0.467 e. The van der Waals surface area contributed by atoms with E-state index in [-0.39, 0.29) is 37.3 Å². The van der Waals surface area contributed by atoms with Crippen LogP contribution in [0.25, 0.3) is 0 Å². The van der Waals surface area contributed by atoms with Gasteiger partial charge < -0.3 is 15.8 Å². The molecule has 0 aliphatic carbocycles. The molecule has 1 heterocycles. The molecular weight excluding hydrogens is 260 g/mol. The number of hydrogen-bond acceptors (Lipinski definition) is 6. The van der Waals surface area contributed by atoms with Crippen LogP contribution in [0.15, 0.2) is 9.98 Å². The van der Waals surface area contributed by atoms with Crippen LogP contribution in [0.1, 0.15) is 12.8 Å². The van der Waals surface area contributed by atoms with Crippen LogP contribution in [0, 0.1) is 0 Å². The number of esters is 1. The number of halogens is 1. The Morgan fingerprint density at radius 2 is 2.28 bits per heavy atom. The second-order valence-electron chi connectivity index (χ2n) is 3.55. The fourth-order valence-electron chi connectivity index (χ4n) is 1.42. The number of carbonyl (C=O) groups excluding carboxylic acids is 2. The van der Waals surface area contributed by atoms with Crippen molar-refractivity contribution in [3.05, 3.63) is 0 Å². The number of hydrogen-bond donors (Lipinski definition) is 2. The zero-order valence-corrected chi connectivity index (χ0v) is 10.9. The molecule has 0 saturated heterocycles. The van der Waals surface area contributed by atoms with Crippen molar-refractivity contribution in [1.29, 1.82) is 0 Å². The zero-order chi connectivity index (χ0) is 12.7. The first kappa shape index (κ1) is 16.5. The van der Waals surface area contributed by atoms with Gasteiger partial charge in [-0.15, -0.1) is 12.4 Å². The highest BCUT2D eigenvalue weighted by atomic mass is 35.5. The van der Waals surface area contributed by atoms with Gasteiger partial charge in [-0.3, -0.25) is 9.79 Å². The number of aliphatic imine (C=N–C) groups is 2. The van der Waals surface area contributed by atoms with Crippen molar-refractivity contribution < 1.29 is 14.3 Å². The second-order valence-corrected chi connectivity index (χ2v) is 3.55. The third kappa shape index (κ3) is 5.24.